The van der Waals surface area contributed by atoms with Crippen molar-refractivity contribution >= 4 is 28.7 Å². The van der Waals surface area contributed by atoms with Crippen LogP contribution in [0.1, 0.15) is 51.4 Å². The van der Waals surface area contributed by atoms with Gasteiger partial charge in [0.2, 0.25) is 11.8 Å². The molecular weight excluding hydrogens is 470 g/mol. The number of ether oxygens (including phenoxy) is 1. The number of fused-ring (bicyclic) bond motifs is 1. The highest BCUT2D eigenvalue weighted by Gasteiger charge is 2.61. The summed E-state index contributed by atoms with van der Waals surface area (Å²) in [6.07, 6.45) is 10.3. The molecule has 2 aliphatic rings. The summed E-state index contributed by atoms with van der Waals surface area (Å²) in [4.78, 5) is 44.4. The van der Waals surface area contributed by atoms with Gasteiger partial charge >= 0.3 is 5.97 Å². The Hall–Kier alpha value is -3.68. The molecule has 1 aliphatic heterocycles. The molecule has 4 atom stereocenters. The minimum Gasteiger partial charge on any atom is -0.488 e. The quantitative estimate of drug-likeness (QED) is 0.311. The average Bonchev–Trinajstić information content (AvgIpc) is 3.46. The molecule has 2 heterocycles. The van der Waals surface area contributed by atoms with E-state index >= 15 is 0 Å². The van der Waals surface area contributed by atoms with Gasteiger partial charge in [-0.05, 0) is 43.9 Å². The topological polar surface area (TPSA) is 109 Å². The number of unbranched alkanes of at least 4 members (excludes halogenated alkanes) is 4. The van der Waals surface area contributed by atoms with Crippen molar-refractivity contribution in [2.75, 3.05) is 6.54 Å². The summed E-state index contributed by atoms with van der Waals surface area (Å²) in [6, 6.07) is 8.61. The number of hydrogen-bond donors (Lipinski definition) is 2. The molecule has 1 aromatic carbocycles. The van der Waals surface area contributed by atoms with Crippen LogP contribution in [0.3, 0.4) is 0 Å². The number of aliphatic carboxylic acids is 1. The monoisotopic (exact) mass is 505 g/mol. The van der Waals surface area contributed by atoms with Crippen LogP contribution in [-0.2, 0) is 14.4 Å². The van der Waals surface area contributed by atoms with E-state index in [9.17, 15) is 19.5 Å². The van der Waals surface area contributed by atoms with Crippen LogP contribution in [0.25, 0.3) is 10.9 Å². The number of carbonyl (C=O) groups is 3. The number of nitrogens with zero attached hydrogens (tertiary/aromatic N) is 2. The first-order valence-corrected chi connectivity index (χ1v) is 13.0. The van der Waals surface area contributed by atoms with Crippen molar-refractivity contribution in [2.45, 2.75) is 69.1 Å². The SMILES string of the molecule is C=CCCCCCCC(=O)N1C[C@H](Oc2ccnc3ccccc23)C[C@H]1C(=O)N[C@]1(C(=O)O)C[C@@H]1C=C. The summed E-state index contributed by atoms with van der Waals surface area (Å²) in [7, 11) is 0. The number of nitrogens with one attached hydrogen (secondary N) is 1. The van der Waals surface area contributed by atoms with Gasteiger partial charge in [-0.15, -0.1) is 13.2 Å². The van der Waals surface area contributed by atoms with Crippen molar-refractivity contribution in [3.8, 4) is 5.75 Å². The first-order valence-electron chi connectivity index (χ1n) is 13.0. The second kappa shape index (κ2) is 11.6. The Morgan fingerprint density at radius 3 is 2.68 bits per heavy atom. The molecule has 2 N–H and O–H groups in total. The predicted molar refractivity (Wildman–Crippen MR) is 141 cm³/mol. The van der Waals surface area contributed by atoms with Crippen LogP contribution in [-0.4, -0.2) is 57.0 Å². The van der Waals surface area contributed by atoms with Crippen molar-refractivity contribution in [1.82, 2.24) is 15.2 Å². The maximum atomic E-state index is 13.4. The number of allylic oxidation sites excluding steroid dienone is 1. The molecule has 0 radical (unpaired) electrons. The van der Waals surface area contributed by atoms with Gasteiger partial charge in [-0.25, -0.2) is 4.79 Å². The molecule has 0 unspecified atom stereocenters. The Labute approximate surface area is 217 Å². The molecular formula is C29H35N3O5. The number of hydrogen-bond acceptors (Lipinski definition) is 5. The molecule has 2 amide bonds. The lowest BCUT2D eigenvalue weighted by atomic mass is 10.1. The molecule has 37 heavy (non-hydrogen) atoms. The summed E-state index contributed by atoms with van der Waals surface area (Å²) >= 11 is 0. The van der Waals surface area contributed by atoms with Crippen LogP contribution in [0.15, 0.2) is 61.8 Å². The van der Waals surface area contributed by atoms with Gasteiger partial charge in [0.05, 0.1) is 12.1 Å². The number of para-hydroxylation sites is 1. The van der Waals surface area contributed by atoms with Gasteiger partial charge in [0.1, 0.15) is 23.4 Å². The van der Waals surface area contributed by atoms with Gasteiger partial charge in [-0.1, -0.05) is 37.1 Å². The number of pyridine rings is 1. The fourth-order valence-corrected chi connectivity index (χ4v) is 5.14. The highest BCUT2D eigenvalue weighted by atomic mass is 16.5. The van der Waals surface area contributed by atoms with E-state index in [1.165, 1.54) is 0 Å². The summed E-state index contributed by atoms with van der Waals surface area (Å²) in [5, 5.41) is 13.3. The van der Waals surface area contributed by atoms with E-state index in [1.807, 2.05) is 30.3 Å². The fourth-order valence-electron chi connectivity index (χ4n) is 5.14. The number of carbonyl (C=O) groups excluding carboxylic acids is 2. The van der Waals surface area contributed by atoms with Gasteiger partial charge in [0, 0.05) is 30.3 Å². The first kappa shape index (κ1) is 26.4. The molecule has 1 aliphatic carbocycles. The van der Waals surface area contributed by atoms with Crippen molar-refractivity contribution in [1.29, 1.82) is 0 Å². The fraction of sp³-hybridized carbons (Fsp3) is 0.448. The van der Waals surface area contributed by atoms with Crippen molar-refractivity contribution in [2.24, 2.45) is 5.92 Å². The Bertz CT molecular complexity index is 1180. The van der Waals surface area contributed by atoms with Crippen molar-refractivity contribution in [3.63, 3.8) is 0 Å². The normalized spacial score (nSPS) is 24.4. The summed E-state index contributed by atoms with van der Waals surface area (Å²) in [6.45, 7) is 7.67. The Kier molecular flexibility index (Phi) is 8.26. The minimum atomic E-state index is -1.35. The van der Waals surface area contributed by atoms with E-state index < -0.39 is 29.6 Å². The second-order valence-corrected chi connectivity index (χ2v) is 9.92. The number of amides is 2. The van der Waals surface area contributed by atoms with Gasteiger partial charge in [0.15, 0.2) is 0 Å². The smallest absolute Gasteiger partial charge is 0.330 e. The third-order valence-corrected chi connectivity index (χ3v) is 7.36. The van der Waals surface area contributed by atoms with E-state index in [0.717, 1.165) is 43.0 Å². The minimum absolute atomic E-state index is 0.116. The zero-order valence-electron chi connectivity index (χ0n) is 21.1. The molecule has 4 rings (SSSR count). The largest absolute Gasteiger partial charge is 0.488 e. The summed E-state index contributed by atoms with van der Waals surface area (Å²) < 4.78 is 6.30. The molecule has 1 saturated heterocycles. The summed E-state index contributed by atoms with van der Waals surface area (Å²) in [5.41, 5.74) is -0.553. The molecule has 0 spiro atoms. The number of aromatic nitrogens is 1. The molecule has 2 aromatic rings. The van der Waals surface area contributed by atoms with Crippen molar-refractivity contribution < 1.29 is 24.2 Å². The second-order valence-electron chi connectivity index (χ2n) is 9.92. The van der Waals surface area contributed by atoms with Gasteiger partial charge in [0.25, 0.3) is 0 Å². The van der Waals surface area contributed by atoms with Crippen LogP contribution in [0, 0.1) is 5.92 Å². The number of carboxylic acid groups (broad SMARTS) is 1. The highest BCUT2D eigenvalue weighted by molar-refractivity contribution is 5.95. The Morgan fingerprint density at radius 2 is 1.95 bits per heavy atom. The van der Waals surface area contributed by atoms with Crippen LogP contribution in [0.2, 0.25) is 0 Å². The Morgan fingerprint density at radius 1 is 1.16 bits per heavy atom. The van der Waals surface area contributed by atoms with Gasteiger partial charge < -0.3 is 20.1 Å². The summed E-state index contributed by atoms with van der Waals surface area (Å²) in [5.74, 6) is -1.35. The average molecular weight is 506 g/mol. The van der Waals surface area contributed by atoms with Gasteiger partial charge in [-0.2, -0.15) is 0 Å². The predicted octanol–water partition coefficient (Wildman–Crippen LogP) is 4.26. The van der Waals surface area contributed by atoms with E-state index in [0.29, 0.717) is 18.6 Å². The lowest BCUT2D eigenvalue weighted by Gasteiger charge is -2.25. The molecule has 196 valence electrons. The lowest BCUT2D eigenvalue weighted by molar-refractivity contribution is -0.145. The number of carboxylic acids is 1. The zero-order valence-corrected chi connectivity index (χ0v) is 21.1. The van der Waals surface area contributed by atoms with Gasteiger partial charge in [-0.3, -0.25) is 14.6 Å². The molecule has 2 fully saturated rings. The highest BCUT2D eigenvalue weighted by Crippen LogP contribution is 2.45. The maximum absolute atomic E-state index is 13.4. The molecule has 1 saturated carbocycles. The number of likely N-dealkylation sites (tertiary alicyclic amines) is 1. The number of benzene rings is 1. The van der Waals surface area contributed by atoms with E-state index in [-0.39, 0.29) is 24.8 Å². The van der Waals surface area contributed by atoms with Crippen LogP contribution < -0.4 is 10.1 Å². The van der Waals surface area contributed by atoms with E-state index in [2.05, 4.69) is 23.5 Å². The van der Waals surface area contributed by atoms with Crippen molar-refractivity contribution in [3.05, 3.63) is 61.8 Å². The lowest BCUT2D eigenvalue weighted by Crippen LogP contribution is -2.53. The van der Waals surface area contributed by atoms with Crippen LogP contribution in [0.4, 0.5) is 0 Å². The first-order chi connectivity index (χ1) is 17.9. The third-order valence-electron chi connectivity index (χ3n) is 7.36. The van der Waals surface area contributed by atoms with Crippen LogP contribution >= 0.6 is 0 Å². The molecule has 1 aromatic heterocycles. The zero-order chi connectivity index (χ0) is 26.4. The van der Waals surface area contributed by atoms with E-state index in [1.54, 1.807) is 23.2 Å². The third kappa shape index (κ3) is 5.84. The number of rotatable bonds is 13. The molecule has 8 heteroatoms. The maximum Gasteiger partial charge on any atom is 0.330 e. The molecule has 0 bridgehead atoms. The van der Waals surface area contributed by atoms with E-state index in [4.69, 9.17) is 4.74 Å². The standard InChI is InChI=1S/C29H35N3O5/c1-3-5-6-7-8-9-14-26(33)32-19-21(37-25-15-16-30-23-13-11-10-12-22(23)25)17-24(32)27(34)31-29(28(35)36)18-20(29)4-2/h3-4,10-13,15-16,20-21,24H,1-2,5-9,14,17-19H2,(H,31,34)(H,35,36)/t20-,21+,24-,29+/m0/s1. The van der Waals surface area contributed by atoms with Crippen LogP contribution in [0.5, 0.6) is 5.75 Å². The molecule has 8 nitrogen and oxygen atoms in total. The Balaban J connectivity index is 1.47.